The number of carbonyl (C=O) groups is 1. The van der Waals surface area contributed by atoms with Crippen molar-refractivity contribution >= 4 is 11.9 Å². The Kier molecular flexibility index (Phi) is 8.95. The molecule has 0 unspecified atom stereocenters. The molecule has 6 heteroatoms. The van der Waals surface area contributed by atoms with E-state index in [0.717, 1.165) is 63.9 Å². The SMILES string of the molecule is CN=C(NCCCOCC1CC1)NCCCC(=O)OC1CCCC1. The monoisotopic (exact) mass is 339 g/mol. The standard InChI is InChI=1S/C18H33N3O3/c1-19-18(21-12-5-13-23-14-15-9-10-15)20-11-4-8-17(22)24-16-6-2-3-7-16/h15-16H,2-14H2,1H3,(H2,19,20,21). The van der Waals surface area contributed by atoms with Crippen LogP contribution in [0.3, 0.4) is 0 Å². The van der Waals surface area contributed by atoms with Gasteiger partial charge in [-0.1, -0.05) is 0 Å². The first-order valence-corrected chi connectivity index (χ1v) is 9.49. The minimum Gasteiger partial charge on any atom is -0.462 e. The Hall–Kier alpha value is -1.30. The van der Waals surface area contributed by atoms with Gasteiger partial charge >= 0.3 is 5.97 Å². The number of esters is 1. The summed E-state index contributed by atoms with van der Waals surface area (Å²) in [4.78, 5) is 15.9. The van der Waals surface area contributed by atoms with Gasteiger partial charge in [0, 0.05) is 39.8 Å². The smallest absolute Gasteiger partial charge is 0.306 e. The molecule has 0 heterocycles. The molecule has 0 aromatic rings. The largest absolute Gasteiger partial charge is 0.462 e. The summed E-state index contributed by atoms with van der Waals surface area (Å²) in [6.45, 7) is 3.28. The summed E-state index contributed by atoms with van der Waals surface area (Å²) in [5, 5.41) is 6.49. The number of rotatable bonds is 11. The average molecular weight is 339 g/mol. The average Bonchev–Trinajstić information content (AvgIpc) is 3.27. The normalized spacial score (nSPS) is 18.6. The summed E-state index contributed by atoms with van der Waals surface area (Å²) in [7, 11) is 1.76. The van der Waals surface area contributed by atoms with Crippen LogP contribution in [0, 0.1) is 5.92 Å². The number of nitrogens with one attached hydrogen (secondary N) is 2. The first-order valence-electron chi connectivity index (χ1n) is 9.49. The van der Waals surface area contributed by atoms with Crippen molar-refractivity contribution in [3.05, 3.63) is 0 Å². The van der Waals surface area contributed by atoms with Crippen molar-refractivity contribution in [3.63, 3.8) is 0 Å². The zero-order chi connectivity index (χ0) is 17.0. The number of aliphatic imine (C=N–C) groups is 1. The topological polar surface area (TPSA) is 72.0 Å². The van der Waals surface area contributed by atoms with E-state index in [9.17, 15) is 4.79 Å². The zero-order valence-corrected chi connectivity index (χ0v) is 15.0. The van der Waals surface area contributed by atoms with Crippen molar-refractivity contribution in [1.82, 2.24) is 10.6 Å². The minimum atomic E-state index is -0.0699. The van der Waals surface area contributed by atoms with E-state index >= 15 is 0 Å². The second kappa shape index (κ2) is 11.3. The highest BCUT2D eigenvalue weighted by Crippen LogP contribution is 2.28. The van der Waals surface area contributed by atoms with Crippen LogP contribution in [-0.4, -0.2) is 51.4 Å². The molecule has 2 N–H and O–H groups in total. The maximum Gasteiger partial charge on any atom is 0.306 e. The van der Waals surface area contributed by atoms with Crippen LogP contribution in [0.15, 0.2) is 4.99 Å². The summed E-state index contributed by atoms with van der Waals surface area (Å²) >= 11 is 0. The molecule has 2 aliphatic carbocycles. The summed E-state index contributed by atoms with van der Waals surface area (Å²) in [6, 6.07) is 0. The van der Waals surface area contributed by atoms with E-state index in [1.807, 2.05) is 0 Å². The Morgan fingerprint density at radius 2 is 1.79 bits per heavy atom. The van der Waals surface area contributed by atoms with Crippen molar-refractivity contribution in [2.45, 2.75) is 63.9 Å². The first-order chi connectivity index (χ1) is 11.8. The lowest BCUT2D eigenvalue weighted by Crippen LogP contribution is -2.38. The fourth-order valence-electron chi connectivity index (χ4n) is 2.83. The van der Waals surface area contributed by atoms with Crippen molar-refractivity contribution in [1.29, 1.82) is 0 Å². The molecule has 2 saturated carbocycles. The highest BCUT2D eigenvalue weighted by Gasteiger charge is 2.21. The number of ether oxygens (including phenoxy) is 2. The molecule has 0 aromatic carbocycles. The van der Waals surface area contributed by atoms with E-state index in [1.165, 1.54) is 25.7 Å². The Morgan fingerprint density at radius 1 is 1.08 bits per heavy atom. The second-order valence-electron chi connectivity index (χ2n) is 6.80. The van der Waals surface area contributed by atoms with Crippen molar-refractivity contribution < 1.29 is 14.3 Å². The third-order valence-electron chi connectivity index (χ3n) is 4.48. The van der Waals surface area contributed by atoms with E-state index in [0.29, 0.717) is 6.42 Å². The van der Waals surface area contributed by atoms with E-state index in [2.05, 4.69) is 15.6 Å². The number of nitrogens with zero attached hydrogens (tertiary/aromatic N) is 1. The fraction of sp³-hybridized carbons (Fsp3) is 0.889. The van der Waals surface area contributed by atoms with Crippen LogP contribution in [0.1, 0.15) is 57.8 Å². The van der Waals surface area contributed by atoms with Crippen molar-refractivity contribution in [2.75, 3.05) is 33.4 Å². The van der Waals surface area contributed by atoms with Gasteiger partial charge in [-0.05, 0) is 57.3 Å². The van der Waals surface area contributed by atoms with Gasteiger partial charge in [0.1, 0.15) is 6.10 Å². The molecule has 2 rings (SSSR count). The van der Waals surface area contributed by atoms with Crippen LogP contribution in [0.2, 0.25) is 0 Å². The van der Waals surface area contributed by atoms with Gasteiger partial charge in [-0.15, -0.1) is 0 Å². The maximum atomic E-state index is 11.7. The minimum absolute atomic E-state index is 0.0699. The predicted octanol–water partition coefficient (Wildman–Crippen LogP) is 2.23. The molecule has 0 aliphatic heterocycles. The van der Waals surface area contributed by atoms with Crippen LogP contribution in [0.25, 0.3) is 0 Å². The molecule has 0 radical (unpaired) electrons. The number of hydrogen-bond acceptors (Lipinski definition) is 4. The van der Waals surface area contributed by atoms with E-state index in [-0.39, 0.29) is 12.1 Å². The van der Waals surface area contributed by atoms with Gasteiger partial charge in [0.25, 0.3) is 0 Å². The van der Waals surface area contributed by atoms with Crippen LogP contribution >= 0.6 is 0 Å². The molecule has 0 saturated heterocycles. The van der Waals surface area contributed by atoms with E-state index < -0.39 is 0 Å². The number of hydrogen-bond donors (Lipinski definition) is 2. The lowest BCUT2D eigenvalue weighted by Gasteiger charge is -2.13. The molecule has 6 nitrogen and oxygen atoms in total. The first kappa shape index (κ1) is 19.0. The molecule has 2 aliphatic rings. The van der Waals surface area contributed by atoms with Gasteiger partial charge in [0.2, 0.25) is 0 Å². The molecular weight excluding hydrogens is 306 g/mol. The molecule has 2 fully saturated rings. The lowest BCUT2D eigenvalue weighted by molar-refractivity contribution is -0.148. The van der Waals surface area contributed by atoms with Gasteiger partial charge in [-0.3, -0.25) is 9.79 Å². The summed E-state index contributed by atoms with van der Waals surface area (Å²) in [6.07, 6.45) is 9.48. The lowest BCUT2D eigenvalue weighted by atomic mass is 10.3. The van der Waals surface area contributed by atoms with Crippen LogP contribution in [-0.2, 0) is 14.3 Å². The second-order valence-corrected chi connectivity index (χ2v) is 6.80. The van der Waals surface area contributed by atoms with Crippen molar-refractivity contribution in [3.8, 4) is 0 Å². The number of guanidine groups is 1. The number of carbonyl (C=O) groups excluding carboxylic acids is 1. The molecule has 24 heavy (non-hydrogen) atoms. The van der Waals surface area contributed by atoms with Gasteiger partial charge in [0.05, 0.1) is 0 Å². The predicted molar refractivity (Wildman–Crippen MR) is 95.1 cm³/mol. The van der Waals surface area contributed by atoms with E-state index in [1.54, 1.807) is 7.05 Å². The molecule has 0 aromatic heterocycles. The van der Waals surface area contributed by atoms with Crippen LogP contribution in [0.4, 0.5) is 0 Å². The van der Waals surface area contributed by atoms with Gasteiger partial charge in [0.15, 0.2) is 5.96 Å². The molecular formula is C18H33N3O3. The summed E-state index contributed by atoms with van der Waals surface area (Å²) in [5.74, 6) is 1.54. The van der Waals surface area contributed by atoms with Gasteiger partial charge in [-0.25, -0.2) is 0 Å². The Bertz CT molecular complexity index is 391. The van der Waals surface area contributed by atoms with Gasteiger partial charge in [-0.2, -0.15) is 0 Å². The highest BCUT2D eigenvalue weighted by molar-refractivity contribution is 5.79. The fourth-order valence-corrected chi connectivity index (χ4v) is 2.83. The molecule has 0 spiro atoms. The third-order valence-corrected chi connectivity index (χ3v) is 4.48. The Labute approximate surface area is 145 Å². The van der Waals surface area contributed by atoms with E-state index in [4.69, 9.17) is 9.47 Å². The molecule has 138 valence electrons. The van der Waals surface area contributed by atoms with Crippen LogP contribution in [0.5, 0.6) is 0 Å². The maximum absolute atomic E-state index is 11.7. The molecule has 0 amide bonds. The zero-order valence-electron chi connectivity index (χ0n) is 15.0. The third kappa shape index (κ3) is 8.52. The van der Waals surface area contributed by atoms with Gasteiger partial charge < -0.3 is 20.1 Å². The molecule has 0 bridgehead atoms. The summed E-state index contributed by atoms with van der Waals surface area (Å²) in [5.41, 5.74) is 0. The summed E-state index contributed by atoms with van der Waals surface area (Å²) < 4.78 is 11.0. The quantitative estimate of drug-likeness (QED) is 0.261. The molecule has 0 atom stereocenters. The van der Waals surface area contributed by atoms with Crippen LogP contribution < -0.4 is 10.6 Å². The highest BCUT2D eigenvalue weighted by atomic mass is 16.5. The van der Waals surface area contributed by atoms with Crippen molar-refractivity contribution in [2.24, 2.45) is 10.9 Å². The Morgan fingerprint density at radius 3 is 2.46 bits per heavy atom. The Balaban J connectivity index is 1.41.